The number of nitrogens with zero attached hydrogens (tertiary/aromatic N) is 3. The van der Waals surface area contributed by atoms with Crippen LogP contribution in [-0.4, -0.2) is 79.7 Å². The average molecular weight is 534 g/mol. The van der Waals surface area contributed by atoms with Crippen LogP contribution in [0.15, 0.2) is 42.1 Å². The Morgan fingerprint density at radius 2 is 1.69 bits per heavy atom. The fraction of sp³-hybridized carbons (Fsp3) is 0.484. The van der Waals surface area contributed by atoms with E-state index in [0.717, 1.165) is 39.3 Å². The molecule has 5 rings (SSSR count). The molecule has 1 spiro atoms. The summed E-state index contributed by atoms with van der Waals surface area (Å²) in [6, 6.07) is 9.89. The van der Waals surface area contributed by atoms with Crippen molar-refractivity contribution in [1.82, 2.24) is 14.7 Å². The van der Waals surface area contributed by atoms with Crippen LogP contribution in [0.2, 0.25) is 0 Å². The molecule has 0 aliphatic carbocycles. The summed E-state index contributed by atoms with van der Waals surface area (Å²) in [6.07, 6.45) is 3.57. The van der Waals surface area contributed by atoms with Gasteiger partial charge < -0.3 is 24.0 Å². The summed E-state index contributed by atoms with van der Waals surface area (Å²) in [5.41, 5.74) is 5.51. The van der Waals surface area contributed by atoms with Gasteiger partial charge in [0, 0.05) is 55.6 Å². The first kappa shape index (κ1) is 27.1. The Kier molecular flexibility index (Phi) is 7.33. The topological polar surface area (TPSA) is 71.6 Å². The first-order valence-electron chi connectivity index (χ1n) is 13.6. The largest absolute Gasteiger partial charge is 0.497 e. The highest BCUT2D eigenvalue weighted by atomic mass is 16.5. The van der Waals surface area contributed by atoms with Gasteiger partial charge in [0.2, 0.25) is 0 Å². The van der Waals surface area contributed by atoms with Gasteiger partial charge in [-0.1, -0.05) is 30.2 Å². The van der Waals surface area contributed by atoms with Crippen molar-refractivity contribution >= 4 is 11.9 Å². The summed E-state index contributed by atoms with van der Waals surface area (Å²) in [5, 5.41) is 0. The maximum atomic E-state index is 14.0. The molecule has 0 N–H and O–H groups in total. The number of carbonyl (C=O) groups excluding carboxylic acids is 2. The lowest BCUT2D eigenvalue weighted by Crippen LogP contribution is -2.55. The number of hydrogen-bond donors (Lipinski definition) is 0. The molecule has 39 heavy (non-hydrogen) atoms. The molecule has 8 nitrogen and oxygen atoms in total. The van der Waals surface area contributed by atoms with Crippen LogP contribution < -0.4 is 9.47 Å². The SMILES string of the molecule is COCCN1C(=O)N2Cc3cc(OC)cc(OC)c3[C@@H](C)C=C2C12CCN(C(=O)c1cc(C)cc(C)c1)CC2. The van der Waals surface area contributed by atoms with E-state index in [9.17, 15) is 9.59 Å². The van der Waals surface area contributed by atoms with Crippen molar-refractivity contribution in [2.75, 3.05) is 47.6 Å². The number of carbonyl (C=O) groups is 2. The van der Waals surface area contributed by atoms with Gasteiger partial charge in [0.15, 0.2) is 0 Å². The monoisotopic (exact) mass is 533 g/mol. The minimum Gasteiger partial charge on any atom is -0.497 e. The van der Waals surface area contributed by atoms with Gasteiger partial charge in [0.25, 0.3) is 5.91 Å². The number of amides is 3. The van der Waals surface area contributed by atoms with Crippen molar-refractivity contribution in [3.63, 3.8) is 0 Å². The van der Waals surface area contributed by atoms with E-state index < -0.39 is 5.54 Å². The van der Waals surface area contributed by atoms with Crippen LogP contribution in [0.3, 0.4) is 0 Å². The van der Waals surface area contributed by atoms with E-state index in [2.05, 4.69) is 19.1 Å². The second-order valence-corrected chi connectivity index (χ2v) is 11.0. The van der Waals surface area contributed by atoms with E-state index in [1.807, 2.05) is 52.8 Å². The number of likely N-dealkylation sites (tertiary alicyclic amines) is 1. The van der Waals surface area contributed by atoms with Crippen molar-refractivity contribution in [3.8, 4) is 11.5 Å². The minimum atomic E-state index is -0.497. The predicted octanol–water partition coefficient (Wildman–Crippen LogP) is 4.88. The lowest BCUT2D eigenvalue weighted by atomic mass is 9.81. The third-order valence-corrected chi connectivity index (χ3v) is 8.46. The van der Waals surface area contributed by atoms with E-state index in [4.69, 9.17) is 14.2 Å². The van der Waals surface area contributed by atoms with E-state index in [-0.39, 0.29) is 17.9 Å². The number of allylic oxidation sites excluding steroid dienone is 1. The summed E-state index contributed by atoms with van der Waals surface area (Å²) in [6.45, 7) is 8.73. The third kappa shape index (κ3) is 4.65. The highest BCUT2D eigenvalue weighted by Gasteiger charge is 2.55. The van der Waals surface area contributed by atoms with E-state index in [1.165, 1.54) is 0 Å². The molecule has 2 fully saturated rings. The maximum Gasteiger partial charge on any atom is 0.325 e. The zero-order valence-corrected chi connectivity index (χ0v) is 23.9. The van der Waals surface area contributed by atoms with Crippen molar-refractivity contribution in [1.29, 1.82) is 0 Å². The fourth-order valence-electron chi connectivity index (χ4n) is 6.68. The summed E-state index contributed by atoms with van der Waals surface area (Å²) in [7, 11) is 4.97. The molecule has 0 radical (unpaired) electrons. The molecule has 3 amide bonds. The number of urea groups is 1. The highest BCUT2D eigenvalue weighted by molar-refractivity contribution is 5.95. The number of methoxy groups -OCH3 is 3. The van der Waals surface area contributed by atoms with Gasteiger partial charge in [0.1, 0.15) is 11.5 Å². The van der Waals surface area contributed by atoms with Gasteiger partial charge in [-0.15, -0.1) is 0 Å². The Morgan fingerprint density at radius 1 is 1.00 bits per heavy atom. The standard InChI is InChI=1S/C31H39N3O5/c1-20-13-21(2)15-23(14-20)29(35)32-9-7-31(8-10-32)27-16-22(3)28-24(17-25(38-5)18-26(28)39-6)19-33(27)30(36)34(31)11-12-37-4/h13-18,22H,7-12,19H2,1-6H3/t22-/m0/s1. The van der Waals surface area contributed by atoms with Gasteiger partial charge >= 0.3 is 6.03 Å². The Morgan fingerprint density at radius 3 is 2.31 bits per heavy atom. The fourth-order valence-corrected chi connectivity index (χ4v) is 6.68. The van der Waals surface area contributed by atoms with Gasteiger partial charge in [-0.05, 0) is 50.5 Å². The van der Waals surface area contributed by atoms with Crippen LogP contribution in [0.1, 0.15) is 58.3 Å². The van der Waals surface area contributed by atoms with Crippen LogP contribution in [0.5, 0.6) is 11.5 Å². The quantitative estimate of drug-likeness (QED) is 0.529. The molecule has 2 aromatic carbocycles. The Labute approximate surface area is 231 Å². The first-order valence-corrected chi connectivity index (χ1v) is 13.6. The molecule has 1 atom stereocenters. The first-order chi connectivity index (χ1) is 18.7. The van der Waals surface area contributed by atoms with E-state index in [0.29, 0.717) is 51.4 Å². The van der Waals surface area contributed by atoms with Crippen LogP contribution in [-0.2, 0) is 11.3 Å². The smallest absolute Gasteiger partial charge is 0.325 e. The molecule has 8 heteroatoms. The molecule has 208 valence electrons. The van der Waals surface area contributed by atoms with E-state index >= 15 is 0 Å². The Bertz CT molecular complexity index is 1290. The Hall–Kier alpha value is -3.52. The number of ether oxygens (including phenoxy) is 3. The van der Waals surface area contributed by atoms with Gasteiger partial charge in [-0.25, -0.2) is 4.79 Å². The van der Waals surface area contributed by atoms with Crippen molar-refractivity contribution in [2.45, 2.75) is 51.6 Å². The van der Waals surface area contributed by atoms with Crippen molar-refractivity contribution < 1.29 is 23.8 Å². The summed E-state index contributed by atoms with van der Waals surface area (Å²) < 4.78 is 16.7. The predicted molar refractivity (Wildman–Crippen MR) is 149 cm³/mol. The second kappa shape index (κ2) is 10.6. The molecule has 0 saturated carbocycles. The van der Waals surface area contributed by atoms with Crippen LogP contribution in [0, 0.1) is 13.8 Å². The molecule has 2 aromatic rings. The van der Waals surface area contributed by atoms with Crippen molar-refractivity contribution in [2.24, 2.45) is 0 Å². The second-order valence-electron chi connectivity index (χ2n) is 11.0. The zero-order valence-electron chi connectivity index (χ0n) is 23.9. The molecular weight excluding hydrogens is 494 g/mol. The lowest BCUT2D eigenvalue weighted by Gasteiger charge is -2.44. The summed E-state index contributed by atoms with van der Waals surface area (Å²) in [4.78, 5) is 33.3. The maximum absolute atomic E-state index is 14.0. The molecule has 3 aliphatic rings. The molecule has 0 unspecified atom stereocenters. The van der Waals surface area contributed by atoms with Gasteiger partial charge in [-0.2, -0.15) is 0 Å². The van der Waals surface area contributed by atoms with Crippen LogP contribution in [0.25, 0.3) is 0 Å². The third-order valence-electron chi connectivity index (χ3n) is 8.46. The highest BCUT2D eigenvalue weighted by Crippen LogP contribution is 2.49. The van der Waals surface area contributed by atoms with Crippen LogP contribution >= 0.6 is 0 Å². The average Bonchev–Trinajstić information content (AvgIpc) is 3.02. The van der Waals surface area contributed by atoms with Gasteiger partial charge in [0.05, 0.1) is 32.9 Å². The summed E-state index contributed by atoms with van der Waals surface area (Å²) in [5.74, 6) is 1.55. The molecule has 0 aromatic heterocycles. The van der Waals surface area contributed by atoms with Crippen molar-refractivity contribution in [3.05, 3.63) is 69.9 Å². The molecule has 0 bridgehead atoms. The lowest BCUT2D eigenvalue weighted by molar-refractivity contribution is 0.0514. The number of aryl methyl sites for hydroxylation is 2. The molecule has 3 heterocycles. The molecule has 3 aliphatic heterocycles. The number of benzene rings is 2. The minimum absolute atomic E-state index is 0.0192. The summed E-state index contributed by atoms with van der Waals surface area (Å²) >= 11 is 0. The number of piperidine rings is 1. The normalized spacial score (nSPS) is 19.9. The number of rotatable bonds is 6. The van der Waals surface area contributed by atoms with Crippen LogP contribution in [0.4, 0.5) is 4.79 Å². The molecular formula is C31H39N3O5. The zero-order chi connectivity index (χ0) is 27.9. The number of hydrogen-bond acceptors (Lipinski definition) is 5. The Balaban J connectivity index is 1.50. The van der Waals surface area contributed by atoms with E-state index in [1.54, 1.807) is 21.3 Å². The number of fused-ring (bicyclic) bond motifs is 3. The molecule has 2 saturated heterocycles. The van der Waals surface area contributed by atoms with Gasteiger partial charge in [-0.3, -0.25) is 9.69 Å².